The summed E-state index contributed by atoms with van der Waals surface area (Å²) in [6, 6.07) is 5.49. The van der Waals surface area contributed by atoms with Crippen LogP contribution in [-0.4, -0.2) is 62.0 Å². The quantitative estimate of drug-likeness (QED) is 0.747. The monoisotopic (exact) mass is 362 g/mol. The Kier molecular flexibility index (Phi) is 7.30. The van der Waals surface area contributed by atoms with Crippen molar-refractivity contribution in [2.45, 2.75) is 33.1 Å². The standard InChI is InChI=1S/C20H30N2O4/c1-5-21(6-2)20(24)15-9-11-22(12-10-15)19(23)13-16-7-8-17(25-3)14-18(16)26-4/h7-8,14-15H,5-6,9-13H2,1-4H3. The highest BCUT2D eigenvalue weighted by Crippen LogP contribution is 2.26. The van der Waals surface area contributed by atoms with Crippen molar-refractivity contribution in [1.29, 1.82) is 0 Å². The minimum Gasteiger partial charge on any atom is -0.497 e. The van der Waals surface area contributed by atoms with Crippen LogP contribution < -0.4 is 9.47 Å². The van der Waals surface area contributed by atoms with Crippen LogP contribution in [0.15, 0.2) is 18.2 Å². The third-order valence-corrected chi connectivity index (χ3v) is 5.11. The van der Waals surface area contributed by atoms with E-state index in [0.717, 1.165) is 31.5 Å². The highest BCUT2D eigenvalue weighted by molar-refractivity contribution is 5.81. The molecule has 0 spiro atoms. The Labute approximate surface area is 156 Å². The summed E-state index contributed by atoms with van der Waals surface area (Å²) in [6.45, 7) is 6.76. The number of carbonyl (C=O) groups excluding carboxylic acids is 2. The number of hydrogen-bond donors (Lipinski definition) is 0. The maximum Gasteiger partial charge on any atom is 0.227 e. The minimum absolute atomic E-state index is 0.0365. The molecule has 2 amide bonds. The van der Waals surface area contributed by atoms with Crippen LogP contribution in [0.25, 0.3) is 0 Å². The summed E-state index contributed by atoms with van der Waals surface area (Å²) >= 11 is 0. The Morgan fingerprint density at radius 2 is 1.77 bits per heavy atom. The Hall–Kier alpha value is -2.24. The second-order valence-electron chi connectivity index (χ2n) is 6.52. The molecular weight excluding hydrogens is 332 g/mol. The average Bonchev–Trinajstić information content (AvgIpc) is 2.69. The summed E-state index contributed by atoms with van der Waals surface area (Å²) in [5.41, 5.74) is 0.847. The van der Waals surface area contributed by atoms with Crippen LogP contribution in [0.1, 0.15) is 32.3 Å². The zero-order valence-electron chi connectivity index (χ0n) is 16.3. The zero-order chi connectivity index (χ0) is 19.1. The van der Waals surface area contributed by atoms with Gasteiger partial charge in [-0.1, -0.05) is 6.07 Å². The molecule has 2 rings (SSSR count). The number of methoxy groups -OCH3 is 2. The second-order valence-corrected chi connectivity index (χ2v) is 6.52. The second kappa shape index (κ2) is 9.46. The molecule has 144 valence electrons. The zero-order valence-corrected chi connectivity index (χ0v) is 16.3. The van der Waals surface area contributed by atoms with Gasteiger partial charge in [0.1, 0.15) is 11.5 Å². The maximum absolute atomic E-state index is 12.7. The van der Waals surface area contributed by atoms with Crippen LogP contribution in [-0.2, 0) is 16.0 Å². The van der Waals surface area contributed by atoms with E-state index in [2.05, 4.69) is 0 Å². The Morgan fingerprint density at radius 1 is 1.12 bits per heavy atom. The van der Waals surface area contributed by atoms with E-state index < -0.39 is 0 Å². The van der Waals surface area contributed by atoms with Crippen molar-refractivity contribution in [3.8, 4) is 11.5 Å². The van der Waals surface area contributed by atoms with Crippen LogP contribution in [0.2, 0.25) is 0 Å². The molecule has 0 aromatic heterocycles. The van der Waals surface area contributed by atoms with Crippen molar-refractivity contribution in [1.82, 2.24) is 9.80 Å². The lowest BCUT2D eigenvalue weighted by Gasteiger charge is -2.34. The molecule has 0 saturated carbocycles. The molecule has 0 bridgehead atoms. The van der Waals surface area contributed by atoms with Gasteiger partial charge in [0.25, 0.3) is 0 Å². The summed E-state index contributed by atoms with van der Waals surface area (Å²) in [6.07, 6.45) is 1.77. The molecule has 1 aromatic rings. The van der Waals surface area contributed by atoms with Gasteiger partial charge in [0.2, 0.25) is 11.8 Å². The van der Waals surface area contributed by atoms with Crippen molar-refractivity contribution >= 4 is 11.8 Å². The SMILES string of the molecule is CCN(CC)C(=O)C1CCN(C(=O)Cc2ccc(OC)cc2OC)CC1. The normalized spacial score (nSPS) is 14.8. The van der Waals surface area contributed by atoms with Gasteiger partial charge in [-0.25, -0.2) is 0 Å². The van der Waals surface area contributed by atoms with E-state index in [1.807, 2.05) is 35.8 Å². The molecule has 0 aliphatic carbocycles. The minimum atomic E-state index is 0.0365. The first-order chi connectivity index (χ1) is 12.5. The molecule has 1 heterocycles. The number of carbonyl (C=O) groups is 2. The van der Waals surface area contributed by atoms with E-state index in [1.165, 1.54) is 0 Å². The van der Waals surface area contributed by atoms with Crippen LogP contribution in [0.5, 0.6) is 11.5 Å². The fourth-order valence-electron chi connectivity index (χ4n) is 3.44. The van der Waals surface area contributed by atoms with Crippen LogP contribution in [0.4, 0.5) is 0 Å². The molecule has 6 heteroatoms. The molecule has 1 aliphatic rings. The fourth-order valence-corrected chi connectivity index (χ4v) is 3.44. The molecule has 1 aliphatic heterocycles. The molecule has 1 fully saturated rings. The van der Waals surface area contributed by atoms with Gasteiger partial charge >= 0.3 is 0 Å². The van der Waals surface area contributed by atoms with E-state index in [4.69, 9.17) is 9.47 Å². The molecule has 1 saturated heterocycles. The predicted octanol–water partition coefficient (Wildman–Crippen LogP) is 2.35. The van der Waals surface area contributed by atoms with Gasteiger partial charge in [-0.15, -0.1) is 0 Å². The summed E-state index contributed by atoms with van der Waals surface area (Å²) in [4.78, 5) is 28.9. The first-order valence-corrected chi connectivity index (χ1v) is 9.31. The molecule has 0 unspecified atom stereocenters. The first kappa shape index (κ1) is 20.1. The molecular formula is C20H30N2O4. The average molecular weight is 362 g/mol. The molecule has 1 aromatic carbocycles. The lowest BCUT2D eigenvalue weighted by molar-refractivity contribution is -0.140. The van der Waals surface area contributed by atoms with Crippen LogP contribution in [0.3, 0.4) is 0 Å². The van der Waals surface area contributed by atoms with Gasteiger partial charge in [0, 0.05) is 43.7 Å². The summed E-state index contributed by atoms with van der Waals surface area (Å²) in [5.74, 6) is 1.69. The number of nitrogens with zero attached hydrogens (tertiary/aromatic N) is 2. The fraction of sp³-hybridized carbons (Fsp3) is 0.600. The molecule has 0 N–H and O–H groups in total. The summed E-state index contributed by atoms with van der Waals surface area (Å²) in [5, 5.41) is 0. The van der Waals surface area contributed by atoms with Crippen LogP contribution in [0, 0.1) is 5.92 Å². The molecule has 26 heavy (non-hydrogen) atoms. The highest BCUT2D eigenvalue weighted by Gasteiger charge is 2.29. The highest BCUT2D eigenvalue weighted by atomic mass is 16.5. The number of amides is 2. The van der Waals surface area contributed by atoms with E-state index in [0.29, 0.717) is 31.0 Å². The van der Waals surface area contributed by atoms with Crippen molar-refractivity contribution in [2.75, 3.05) is 40.4 Å². The van der Waals surface area contributed by atoms with Crippen molar-refractivity contribution < 1.29 is 19.1 Å². The third kappa shape index (κ3) is 4.68. The van der Waals surface area contributed by atoms with E-state index in [1.54, 1.807) is 20.3 Å². The number of ether oxygens (including phenoxy) is 2. The van der Waals surface area contributed by atoms with Gasteiger partial charge in [-0.05, 0) is 32.8 Å². The first-order valence-electron chi connectivity index (χ1n) is 9.31. The Balaban J connectivity index is 1.94. The van der Waals surface area contributed by atoms with Crippen molar-refractivity contribution in [3.63, 3.8) is 0 Å². The van der Waals surface area contributed by atoms with Gasteiger partial charge < -0.3 is 19.3 Å². The molecule has 0 radical (unpaired) electrons. The van der Waals surface area contributed by atoms with Crippen molar-refractivity contribution in [3.05, 3.63) is 23.8 Å². The maximum atomic E-state index is 12.7. The smallest absolute Gasteiger partial charge is 0.227 e. The summed E-state index contributed by atoms with van der Waals surface area (Å²) < 4.78 is 10.6. The number of rotatable bonds is 7. The van der Waals surface area contributed by atoms with Gasteiger partial charge in [-0.2, -0.15) is 0 Å². The Bertz CT molecular complexity index is 620. The lowest BCUT2D eigenvalue weighted by Crippen LogP contribution is -2.44. The molecule has 6 nitrogen and oxygen atoms in total. The van der Waals surface area contributed by atoms with Gasteiger partial charge in [-0.3, -0.25) is 9.59 Å². The van der Waals surface area contributed by atoms with Crippen molar-refractivity contribution in [2.24, 2.45) is 5.92 Å². The third-order valence-electron chi connectivity index (χ3n) is 5.11. The number of piperidine rings is 1. The van der Waals surface area contributed by atoms with Crippen LogP contribution >= 0.6 is 0 Å². The summed E-state index contributed by atoms with van der Waals surface area (Å²) in [7, 11) is 3.19. The predicted molar refractivity (Wildman–Crippen MR) is 100 cm³/mol. The van der Waals surface area contributed by atoms with Gasteiger partial charge in [0.05, 0.1) is 20.6 Å². The van der Waals surface area contributed by atoms with Gasteiger partial charge in [0.15, 0.2) is 0 Å². The van der Waals surface area contributed by atoms with E-state index in [-0.39, 0.29) is 17.7 Å². The number of hydrogen-bond acceptors (Lipinski definition) is 4. The van der Waals surface area contributed by atoms with E-state index in [9.17, 15) is 9.59 Å². The van der Waals surface area contributed by atoms with E-state index >= 15 is 0 Å². The molecule has 0 atom stereocenters. The largest absolute Gasteiger partial charge is 0.497 e. The number of benzene rings is 1. The number of likely N-dealkylation sites (tertiary alicyclic amines) is 1. The Morgan fingerprint density at radius 3 is 2.31 bits per heavy atom. The topological polar surface area (TPSA) is 59.1 Å². The lowest BCUT2D eigenvalue weighted by atomic mass is 9.94.